The van der Waals surface area contributed by atoms with Gasteiger partial charge in [0.05, 0.1) is 11.8 Å². The lowest BCUT2D eigenvalue weighted by Crippen LogP contribution is -2.28. The zero-order valence-electron chi connectivity index (χ0n) is 15.2. The first-order valence-corrected chi connectivity index (χ1v) is 10.1. The summed E-state index contributed by atoms with van der Waals surface area (Å²) in [6.07, 6.45) is 0.986. The normalized spacial score (nSPS) is 19.3. The van der Waals surface area contributed by atoms with Crippen molar-refractivity contribution in [2.45, 2.75) is 19.4 Å². The molecule has 0 bridgehead atoms. The number of hydrogen-bond donors (Lipinski definition) is 0. The first-order valence-electron chi connectivity index (χ1n) is 9.29. The fourth-order valence-electron chi connectivity index (χ4n) is 3.60. The molecule has 0 saturated heterocycles. The molecule has 1 heterocycles. The minimum Gasteiger partial charge on any atom is -0.257 e. The van der Waals surface area contributed by atoms with Crippen LogP contribution < -0.4 is 0 Å². The Balaban J connectivity index is 1.86. The van der Waals surface area contributed by atoms with Crippen molar-refractivity contribution in [3.8, 4) is 0 Å². The van der Waals surface area contributed by atoms with Crippen LogP contribution in [0.4, 0.5) is 0 Å². The maximum absolute atomic E-state index is 5.09. The molecule has 2 nitrogen and oxygen atoms in total. The standard InChI is InChI=1S/C24H21BrN2/c1-2-21-22(17-9-5-3-6-10-17)26-24(19-11-7-4-8-12-19)27-23(21)18-13-15-20(25)16-14-18/h3-16,21-22H,2H2,1H3. The molecule has 0 fully saturated rings. The van der Waals surface area contributed by atoms with Crippen molar-refractivity contribution in [3.05, 3.63) is 106 Å². The van der Waals surface area contributed by atoms with Gasteiger partial charge in [0.1, 0.15) is 0 Å². The van der Waals surface area contributed by atoms with Crippen LogP contribution in [-0.2, 0) is 0 Å². The zero-order valence-corrected chi connectivity index (χ0v) is 16.8. The summed E-state index contributed by atoms with van der Waals surface area (Å²) in [7, 11) is 0. The molecule has 3 aromatic rings. The van der Waals surface area contributed by atoms with E-state index in [0.717, 1.165) is 33.6 Å². The summed E-state index contributed by atoms with van der Waals surface area (Å²) in [5.74, 6) is 1.06. The molecule has 3 aromatic carbocycles. The molecule has 0 aliphatic carbocycles. The van der Waals surface area contributed by atoms with Crippen molar-refractivity contribution in [1.29, 1.82) is 0 Å². The summed E-state index contributed by atoms with van der Waals surface area (Å²) in [5, 5.41) is 0. The molecule has 2 unspecified atom stereocenters. The Hall–Kier alpha value is -2.52. The highest BCUT2D eigenvalue weighted by molar-refractivity contribution is 9.10. The maximum atomic E-state index is 5.09. The number of hydrogen-bond acceptors (Lipinski definition) is 2. The predicted octanol–water partition coefficient (Wildman–Crippen LogP) is 6.47. The lowest BCUT2D eigenvalue weighted by Gasteiger charge is -2.30. The molecule has 4 rings (SSSR count). The number of aliphatic imine (C=N–C) groups is 2. The molecule has 1 aliphatic heterocycles. The fraction of sp³-hybridized carbons (Fsp3) is 0.167. The molecule has 0 amide bonds. The Kier molecular flexibility index (Phi) is 5.30. The molecule has 0 spiro atoms. The minimum atomic E-state index is 0.0718. The first kappa shape index (κ1) is 17.9. The molecular formula is C24H21BrN2. The quantitative estimate of drug-likeness (QED) is 0.465. The highest BCUT2D eigenvalue weighted by Crippen LogP contribution is 2.36. The summed E-state index contributed by atoms with van der Waals surface area (Å²) < 4.78 is 1.08. The molecule has 1 aliphatic rings. The predicted molar refractivity (Wildman–Crippen MR) is 117 cm³/mol. The largest absolute Gasteiger partial charge is 0.257 e. The summed E-state index contributed by atoms with van der Waals surface area (Å²) in [6.45, 7) is 2.22. The van der Waals surface area contributed by atoms with E-state index in [1.165, 1.54) is 5.56 Å². The second-order valence-corrected chi connectivity index (χ2v) is 7.61. The zero-order chi connectivity index (χ0) is 18.6. The van der Waals surface area contributed by atoms with E-state index in [1.54, 1.807) is 0 Å². The molecule has 0 radical (unpaired) electrons. The third-order valence-corrected chi connectivity index (χ3v) is 5.50. The van der Waals surface area contributed by atoms with Crippen LogP contribution in [0.15, 0.2) is 99.4 Å². The summed E-state index contributed by atoms with van der Waals surface area (Å²) in [4.78, 5) is 10.1. The molecule has 0 N–H and O–H groups in total. The van der Waals surface area contributed by atoms with Crippen molar-refractivity contribution in [3.63, 3.8) is 0 Å². The molecule has 2 atom stereocenters. The Bertz CT molecular complexity index is 960. The van der Waals surface area contributed by atoms with Gasteiger partial charge in [-0.1, -0.05) is 95.7 Å². The van der Waals surface area contributed by atoms with Gasteiger partial charge >= 0.3 is 0 Å². The lowest BCUT2D eigenvalue weighted by molar-refractivity contribution is 0.532. The second-order valence-electron chi connectivity index (χ2n) is 6.69. The van der Waals surface area contributed by atoms with Gasteiger partial charge in [-0.05, 0) is 29.7 Å². The van der Waals surface area contributed by atoms with Gasteiger partial charge in [-0.25, -0.2) is 4.99 Å². The fourth-order valence-corrected chi connectivity index (χ4v) is 3.86. The molecule has 27 heavy (non-hydrogen) atoms. The maximum Gasteiger partial charge on any atom is 0.155 e. The topological polar surface area (TPSA) is 24.7 Å². The number of nitrogens with zero attached hydrogens (tertiary/aromatic N) is 2. The number of benzene rings is 3. The van der Waals surface area contributed by atoms with Gasteiger partial charge in [0, 0.05) is 16.0 Å². The Morgan fingerprint density at radius 1 is 0.778 bits per heavy atom. The van der Waals surface area contributed by atoms with Crippen LogP contribution in [0.5, 0.6) is 0 Å². The Morgan fingerprint density at radius 3 is 2.04 bits per heavy atom. The van der Waals surface area contributed by atoms with Gasteiger partial charge in [-0.3, -0.25) is 4.99 Å². The van der Waals surface area contributed by atoms with Crippen molar-refractivity contribution in [1.82, 2.24) is 0 Å². The average molecular weight is 417 g/mol. The first-order chi connectivity index (χ1) is 13.3. The van der Waals surface area contributed by atoms with Crippen molar-refractivity contribution < 1.29 is 0 Å². The monoisotopic (exact) mass is 416 g/mol. The Morgan fingerprint density at radius 2 is 1.41 bits per heavy atom. The highest BCUT2D eigenvalue weighted by Gasteiger charge is 2.31. The van der Waals surface area contributed by atoms with Crippen LogP contribution in [0.1, 0.15) is 36.1 Å². The number of rotatable bonds is 4. The second kappa shape index (κ2) is 8.01. The number of halogens is 1. The third kappa shape index (κ3) is 3.79. The van der Waals surface area contributed by atoms with Gasteiger partial charge in [0.2, 0.25) is 0 Å². The van der Waals surface area contributed by atoms with Crippen LogP contribution in [0.3, 0.4) is 0 Å². The van der Waals surface area contributed by atoms with Crippen molar-refractivity contribution in [2.24, 2.45) is 15.9 Å². The molecule has 0 aromatic heterocycles. The van der Waals surface area contributed by atoms with E-state index >= 15 is 0 Å². The Labute approximate surface area is 168 Å². The van der Waals surface area contributed by atoms with Crippen LogP contribution in [-0.4, -0.2) is 11.5 Å². The average Bonchev–Trinajstić information content (AvgIpc) is 2.74. The molecule has 3 heteroatoms. The van der Waals surface area contributed by atoms with E-state index < -0.39 is 0 Å². The van der Waals surface area contributed by atoms with Gasteiger partial charge in [0.25, 0.3) is 0 Å². The van der Waals surface area contributed by atoms with Crippen molar-refractivity contribution >= 4 is 27.5 Å². The SMILES string of the molecule is CCC1C(c2ccc(Br)cc2)=NC(c2ccccc2)=NC1c1ccccc1. The van der Waals surface area contributed by atoms with Gasteiger partial charge in [-0.15, -0.1) is 0 Å². The van der Waals surface area contributed by atoms with Gasteiger partial charge in [-0.2, -0.15) is 0 Å². The summed E-state index contributed by atoms with van der Waals surface area (Å²) >= 11 is 3.54. The highest BCUT2D eigenvalue weighted by atomic mass is 79.9. The third-order valence-electron chi connectivity index (χ3n) is 4.97. The minimum absolute atomic E-state index is 0.0718. The van der Waals surface area contributed by atoms with Crippen molar-refractivity contribution in [2.75, 3.05) is 0 Å². The molecule has 134 valence electrons. The van der Waals surface area contributed by atoms with E-state index in [1.807, 2.05) is 18.2 Å². The van der Waals surface area contributed by atoms with Crippen LogP contribution in [0.2, 0.25) is 0 Å². The van der Waals surface area contributed by atoms with Crippen LogP contribution >= 0.6 is 15.9 Å². The summed E-state index contributed by atoms with van der Waals surface area (Å²) in [5.41, 5.74) is 4.58. The van der Waals surface area contributed by atoms with E-state index in [2.05, 4.69) is 89.6 Å². The molecule has 0 saturated carbocycles. The van der Waals surface area contributed by atoms with Crippen LogP contribution in [0.25, 0.3) is 0 Å². The summed E-state index contributed by atoms with van der Waals surface area (Å²) in [6, 6.07) is 29.3. The number of amidine groups is 1. The lowest BCUT2D eigenvalue weighted by atomic mass is 9.83. The smallest absolute Gasteiger partial charge is 0.155 e. The van der Waals surface area contributed by atoms with Gasteiger partial charge in [0.15, 0.2) is 5.84 Å². The van der Waals surface area contributed by atoms with E-state index in [9.17, 15) is 0 Å². The molecular weight excluding hydrogens is 396 g/mol. The van der Waals surface area contributed by atoms with Gasteiger partial charge < -0.3 is 0 Å². The van der Waals surface area contributed by atoms with E-state index in [0.29, 0.717) is 0 Å². The van der Waals surface area contributed by atoms with E-state index in [-0.39, 0.29) is 12.0 Å². The van der Waals surface area contributed by atoms with Crippen LogP contribution in [0, 0.1) is 5.92 Å². The van der Waals surface area contributed by atoms with E-state index in [4.69, 9.17) is 9.98 Å².